The maximum Gasteiger partial charge on any atom is 0.240 e. The lowest BCUT2D eigenvalue weighted by Gasteiger charge is -2.08. The molecule has 0 spiro atoms. The molecule has 2 N–H and O–H groups in total. The molecule has 1 aromatic rings. The van der Waals surface area contributed by atoms with Crippen LogP contribution in [0.4, 0.5) is 0 Å². The first-order chi connectivity index (χ1) is 8.69. The molecule has 0 atom stereocenters. The number of methoxy groups -OCH3 is 1. The minimum absolute atomic E-state index is 0.0570. The average molecular weight is 246 g/mol. The summed E-state index contributed by atoms with van der Waals surface area (Å²) in [7, 11) is 1.50. The molecule has 0 unspecified atom stereocenters. The van der Waals surface area contributed by atoms with Gasteiger partial charge in [0.05, 0.1) is 12.8 Å². The first-order valence-electron chi connectivity index (χ1n) is 5.59. The summed E-state index contributed by atoms with van der Waals surface area (Å²) in [6.45, 7) is 0. The Morgan fingerprint density at radius 2 is 2.22 bits per heavy atom. The first-order valence-corrected chi connectivity index (χ1v) is 5.59. The number of carbonyl (C=O) groups is 1. The number of phenols is 1. The Bertz CT molecular complexity index is 521. The molecule has 0 aromatic heterocycles. The monoisotopic (exact) mass is 246 g/mol. The number of carbonyl (C=O) groups excluding carboxylic acids is 1. The number of ether oxygens (including phenoxy) is 1. The van der Waals surface area contributed by atoms with Crippen LogP contribution in [0.25, 0.3) is 6.08 Å². The van der Waals surface area contributed by atoms with Gasteiger partial charge in [0.1, 0.15) is 0 Å². The molecule has 0 aliphatic carbocycles. The number of hydrogen-bond acceptors (Lipinski definition) is 4. The summed E-state index contributed by atoms with van der Waals surface area (Å²) >= 11 is 0. The summed E-state index contributed by atoms with van der Waals surface area (Å²) in [5, 5.41) is 13.4. The summed E-state index contributed by atoms with van der Waals surface area (Å²) in [4.78, 5) is 10.9. The van der Waals surface area contributed by atoms with E-state index in [0.717, 1.165) is 11.3 Å². The summed E-state index contributed by atoms with van der Waals surface area (Å²) < 4.78 is 5.02. The van der Waals surface area contributed by atoms with E-state index in [1.54, 1.807) is 18.2 Å². The highest BCUT2D eigenvalue weighted by Gasteiger charge is 2.08. The second kappa shape index (κ2) is 5.35. The van der Waals surface area contributed by atoms with Crippen LogP contribution in [0.2, 0.25) is 0 Å². The van der Waals surface area contributed by atoms with Crippen molar-refractivity contribution in [3.8, 4) is 11.5 Å². The molecule has 0 saturated heterocycles. The molecule has 1 heterocycles. The van der Waals surface area contributed by atoms with Gasteiger partial charge in [0.25, 0.3) is 0 Å². The molecular formula is C13H14N2O3. The fourth-order valence-corrected chi connectivity index (χ4v) is 1.60. The van der Waals surface area contributed by atoms with Crippen molar-refractivity contribution in [2.45, 2.75) is 12.8 Å². The highest BCUT2D eigenvalue weighted by molar-refractivity contribution is 6.02. The Morgan fingerprint density at radius 1 is 1.39 bits per heavy atom. The van der Waals surface area contributed by atoms with Gasteiger partial charge in [-0.05, 0) is 23.8 Å². The lowest BCUT2D eigenvalue weighted by molar-refractivity contribution is -0.121. The van der Waals surface area contributed by atoms with Gasteiger partial charge in [-0.3, -0.25) is 4.79 Å². The van der Waals surface area contributed by atoms with E-state index in [1.165, 1.54) is 7.11 Å². The van der Waals surface area contributed by atoms with Crippen molar-refractivity contribution >= 4 is 17.7 Å². The Morgan fingerprint density at radius 3 is 2.89 bits per heavy atom. The molecule has 5 heteroatoms. The quantitative estimate of drug-likeness (QED) is 0.852. The van der Waals surface area contributed by atoms with E-state index in [0.29, 0.717) is 18.6 Å². The Hall–Kier alpha value is -2.30. The number of aromatic hydroxyl groups is 1. The SMILES string of the molecule is COc1cc(C=CC2=NNC(=O)CC2)ccc1O. The van der Waals surface area contributed by atoms with Crippen molar-refractivity contribution in [2.75, 3.05) is 7.11 Å². The maximum atomic E-state index is 10.9. The van der Waals surface area contributed by atoms with Crippen LogP contribution in [-0.2, 0) is 4.79 Å². The maximum absolute atomic E-state index is 10.9. The molecule has 94 valence electrons. The molecule has 0 radical (unpaired) electrons. The van der Waals surface area contributed by atoms with E-state index in [2.05, 4.69) is 10.5 Å². The molecule has 0 bridgehead atoms. The van der Waals surface area contributed by atoms with E-state index in [4.69, 9.17) is 4.74 Å². The van der Waals surface area contributed by atoms with Crippen molar-refractivity contribution in [3.63, 3.8) is 0 Å². The van der Waals surface area contributed by atoms with Gasteiger partial charge in [-0.25, -0.2) is 5.43 Å². The number of hydrazone groups is 1. The van der Waals surface area contributed by atoms with Crippen LogP contribution in [0.5, 0.6) is 11.5 Å². The van der Waals surface area contributed by atoms with E-state index < -0.39 is 0 Å². The fraction of sp³-hybridized carbons (Fsp3) is 0.231. The highest BCUT2D eigenvalue weighted by Crippen LogP contribution is 2.26. The van der Waals surface area contributed by atoms with E-state index in [1.807, 2.05) is 12.2 Å². The summed E-state index contributed by atoms with van der Waals surface area (Å²) in [6.07, 6.45) is 4.79. The second-order valence-electron chi connectivity index (χ2n) is 3.90. The minimum atomic E-state index is -0.0570. The molecular weight excluding hydrogens is 232 g/mol. The number of amides is 1. The number of rotatable bonds is 3. The molecule has 1 aliphatic heterocycles. The third-order valence-corrected chi connectivity index (χ3v) is 2.60. The van der Waals surface area contributed by atoms with Gasteiger partial charge < -0.3 is 9.84 Å². The van der Waals surface area contributed by atoms with Gasteiger partial charge in [-0.2, -0.15) is 5.10 Å². The molecule has 1 amide bonds. The zero-order chi connectivity index (χ0) is 13.0. The smallest absolute Gasteiger partial charge is 0.240 e. The standard InChI is InChI=1S/C13H14N2O3/c1-18-12-8-9(3-6-11(12)16)2-4-10-5-7-13(17)15-14-10/h2-4,6,8,16H,5,7H2,1H3,(H,15,17). The Balaban J connectivity index is 2.11. The van der Waals surface area contributed by atoms with Crippen molar-refractivity contribution < 1.29 is 14.6 Å². The molecule has 2 rings (SSSR count). The predicted octanol–water partition coefficient (Wildman–Crippen LogP) is 1.68. The van der Waals surface area contributed by atoms with Crippen LogP contribution in [0.15, 0.2) is 29.4 Å². The van der Waals surface area contributed by atoms with Crippen molar-refractivity contribution in [2.24, 2.45) is 5.10 Å². The van der Waals surface area contributed by atoms with E-state index >= 15 is 0 Å². The molecule has 1 aromatic carbocycles. The lowest BCUT2D eigenvalue weighted by Crippen LogP contribution is -2.24. The second-order valence-corrected chi connectivity index (χ2v) is 3.90. The molecule has 5 nitrogen and oxygen atoms in total. The highest BCUT2D eigenvalue weighted by atomic mass is 16.5. The zero-order valence-electron chi connectivity index (χ0n) is 10.0. The molecule has 0 fully saturated rings. The van der Waals surface area contributed by atoms with Gasteiger partial charge in [0.15, 0.2) is 11.5 Å². The average Bonchev–Trinajstić information content (AvgIpc) is 2.39. The number of hydrogen-bond donors (Lipinski definition) is 2. The van der Waals surface area contributed by atoms with Gasteiger partial charge in [0.2, 0.25) is 5.91 Å². The van der Waals surface area contributed by atoms with Crippen LogP contribution in [-0.4, -0.2) is 23.8 Å². The summed E-state index contributed by atoms with van der Waals surface area (Å²) in [5.74, 6) is 0.478. The molecule has 18 heavy (non-hydrogen) atoms. The minimum Gasteiger partial charge on any atom is -0.504 e. The fourth-order valence-electron chi connectivity index (χ4n) is 1.60. The largest absolute Gasteiger partial charge is 0.504 e. The number of allylic oxidation sites excluding steroid dienone is 1. The van der Waals surface area contributed by atoms with Crippen molar-refractivity contribution in [3.05, 3.63) is 29.8 Å². The van der Waals surface area contributed by atoms with E-state index in [9.17, 15) is 9.90 Å². The van der Waals surface area contributed by atoms with Gasteiger partial charge >= 0.3 is 0 Å². The summed E-state index contributed by atoms with van der Waals surface area (Å²) in [6, 6.07) is 5.08. The topological polar surface area (TPSA) is 70.9 Å². The third-order valence-electron chi connectivity index (χ3n) is 2.60. The first kappa shape index (κ1) is 12.2. The predicted molar refractivity (Wildman–Crippen MR) is 68.5 cm³/mol. The van der Waals surface area contributed by atoms with Gasteiger partial charge in [0, 0.05) is 12.8 Å². The van der Waals surface area contributed by atoms with Crippen LogP contribution in [0.3, 0.4) is 0 Å². The Kier molecular flexibility index (Phi) is 3.62. The summed E-state index contributed by atoms with van der Waals surface area (Å²) in [5.41, 5.74) is 4.15. The third kappa shape index (κ3) is 2.88. The number of phenolic OH excluding ortho intramolecular Hbond substituents is 1. The van der Waals surface area contributed by atoms with E-state index in [-0.39, 0.29) is 11.7 Å². The van der Waals surface area contributed by atoms with Crippen molar-refractivity contribution in [1.82, 2.24) is 5.43 Å². The van der Waals surface area contributed by atoms with Crippen LogP contribution >= 0.6 is 0 Å². The number of benzene rings is 1. The van der Waals surface area contributed by atoms with Crippen LogP contribution in [0, 0.1) is 0 Å². The van der Waals surface area contributed by atoms with Crippen LogP contribution < -0.4 is 10.2 Å². The normalized spacial score (nSPS) is 15.4. The lowest BCUT2D eigenvalue weighted by atomic mass is 10.1. The zero-order valence-corrected chi connectivity index (χ0v) is 10.0. The van der Waals surface area contributed by atoms with Gasteiger partial charge in [-0.15, -0.1) is 0 Å². The molecule has 0 saturated carbocycles. The van der Waals surface area contributed by atoms with Crippen molar-refractivity contribution in [1.29, 1.82) is 0 Å². The Labute approximate surface area is 105 Å². The molecule has 1 aliphatic rings. The van der Waals surface area contributed by atoms with Gasteiger partial charge in [-0.1, -0.05) is 12.1 Å². The number of nitrogens with one attached hydrogen (secondary N) is 1. The number of nitrogens with zero attached hydrogens (tertiary/aromatic N) is 1. The van der Waals surface area contributed by atoms with Crippen LogP contribution in [0.1, 0.15) is 18.4 Å².